The largest absolute Gasteiger partial charge is 0.480 e. The predicted octanol–water partition coefficient (Wildman–Crippen LogP) is 6.28. The second-order valence-corrected chi connectivity index (χ2v) is 41.9. The second kappa shape index (κ2) is 71.1. The van der Waals surface area contributed by atoms with Crippen LogP contribution in [0.25, 0.3) is 0 Å². The van der Waals surface area contributed by atoms with Gasteiger partial charge in [0.2, 0.25) is 11.8 Å². The summed E-state index contributed by atoms with van der Waals surface area (Å²) in [6, 6.07) is 35.7. The number of hydrogen-bond donors (Lipinski definition) is 12. The molecule has 0 aliphatic heterocycles. The molecular formula is C99H131N7O35S6. The van der Waals surface area contributed by atoms with E-state index < -0.39 is 249 Å². The molecule has 0 radical (unpaired) electrons. The smallest absolute Gasteiger partial charge is 0.317 e. The fourth-order valence-electron chi connectivity index (χ4n) is 14.0. The molecule has 0 heterocycles. The van der Waals surface area contributed by atoms with Crippen LogP contribution >= 0.6 is 70.6 Å². The van der Waals surface area contributed by atoms with Crippen LogP contribution in [0.1, 0.15) is 101 Å². The first-order valence-electron chi connectivity index (χ1n) is 46.8. The van der Waals surface area contributed by atoms with Crippen molar-refractivity contribution in [3.63, 3.8) is 0 Å². The normalized spacial score (nSPS) is 11.7. The summed E-state index contributed by atoms with van der Waals surface area (Å²) in [5, 5.41) is 96.2. The Morgan fingerprint density at radius 3 is 0.605 bits per heavy atom. The monoisotopic (exact) mass is 2170 g/mol. The first-order chi connectivity index (χ1) is 70.1. The van der Waals surface area contributed by atoms with Crippen LogP contribution in [0.15, 0.2) is 121 Å². The van der Waals surface area contributed by atoms with E-state index in [-0.39, 0.29) is 112 Å². The number of hydrogen-bond acceptors (Lipinski definition) is 36. The lowest BCUT2D eigenvalue weighted by Gasteiger charge is -2.35. The fraction of sp³-hybridized carbons (Fsp3) is 0.515. The number of carbonyl (C=O) groups excluding carboxylic acids is 8. The van der Waals surface area contributed by atoms with Gasteiger partial charge in [0.05, 0.1) is 135 Å². The minimum absolute atomic E-state index is 0.0543. The van der Waals surface area contributed by atoms with Gasteiger partial charge in [0.25, 0.3) is 0 Å². The molecule has 13 N–H and O–H groups in total. The van der Waals surface area contributed by atoms with E-state index in [0.29, 0.717) is 88.7 Å². The predicted molar refractivity (Wildman–Crippen MR) is 548 cm³/mol. The third-order valence-electron chi connectivity index (χ3n) is 21.4. The minimum atomic E-state index is -1.84. The molecule has 0 aliphatic rings. The van der Waals surface area contributed by atoms with Gasteiger partial charge in [-0.05, 0) is 117 Å². The van der Waals surface area contributed by atoms with E-state index >= 15 is 0 Å². The Hall–Kier alpha value is -11.6. The topological polar surface area (TPSA) is 628 Å². The molecule has 5 aromatic carbocycles. The van der Waals surface area contributed by atoms with Crippen molar-refractivity contribution >= 4 is 178 Å². The molecular weight excluding hydrogens is 2040 g/mol. The van der Waals surface area contributed by atoms with Crippen molar-refractivity contribution in [2.75, 3.05) is 194 Å². The molecule has 1 unspecified atom stereocenters. The highest BCUT2D eigenvalue weighted by Crippen LogP contribution is 2.30. The Balaban J connectivity index is 1.51. The number of esters is 6. The van der Waals surface area contributed by atoms with E-state index in [1.165, 1.54) is 95.1 Å². The van der Waals surface area contributed by atoms with E-state index in [9.17, 15) is 137 Å². The van der Waals surface area contributed by atoms with Crippen molar-refractivity contribution in [3.05, 3.63) is 177 Å². The van der Waals surface area contributed by atoms with Gasteiger partial charge in [0.1, 0.15) is 39.6 Å². The molecule has 0 spiro atoms. The molecule has 1 atom stereocenters. The van der Waals surface area contributed by atoms with Crippen molar-refractivity contribution < 1.29 is 171 Å². The maximum absolute atomic E-state index is 14.2. The number of aliphatic carboxylic acids is 10. The van der Waals surface area contributed by atoms with E-state index in [4.69, 9.17) is 38.9 Å². The molecule has 0 fully saturated rings. The van der Waals surface area contributed by atoms with Crippen molar-refractivity contribution in [2.45, 2.75) is 110 Å². The summed E-state index contributed by atoms with van der Waals surface area (Å²) in [5.41, 5.74) is 9.29. The van der Waals surface area contributed by atoms with Crippen LogP contribution in [0, 0.1) is 16.7 Å². The Morgan fingerprint density at radius 1 is 0.265 bits per heavy atom. The Kier molecular flexibility index (Phi) is 60.9. The molecule has 5 rings (SSSR count). The van der Waals surface area contributed by atoms with Gasteiger partial charge in [-0.2, -0.15) is 70.6 Å². The molecule has 2 amide bonds. The van der Waals surface area contributed by atoms with Gasteiger partial charge in [0, 0.05) is 78.9 Å². The number of thioether (sulfide) groups is 6. The number of nitrogens with zero attached hydrogens (tertiary/aromatic N) is 5. The summed E-state index contributed by atoms with van der Waals surface area (Å²) in [7, 11) is 0. The van der Waals surface area contributed by atoms with Crippen molar-refractivity contribution in [2.24, 2.45) is 22.5 Å². The number of amides is 2. The maximum atomic E-state index is 14.2. The van der Waals surface area contributed by atoms with Crippen LogP contribution in [-0.4, -0.2) is 377 Å². The molecule has 808 valence electrons. The molecule has 0 bridgehead atoms. The lowest BCUT2D eigenvalue weighted by atomic mass is 9.90. The van der Waals surface area contributed by atoms with E-state index in [1.807, 2.05) is 60.7 Å². The fourth-order valence-corrected chi connectivity index (χ4v) is 19.5. The Morgan fingerprint density at radius 2 is 0.435 bits per heavy atom. The van der Waals surface area contributed by atoms with Crippen LogP contribution in [0.4, 0.5) is 0 Å². The van der Waals surface area contributed by atoms with Gasteiger partial charge >= 0.3 is 95.5 Å². The van der Waals surface area contributed by atoms with Gasteiger partial charge in [-0.25, -0.2) is 0 Å². The molecule has 5 aromatic rings. The van der Waals surface area contributed by atoms with Crippen LogP contribution in [0.5, 0.6) is 0 Å². The first-order valence-corrected chi connectivity index (χ1v) is 53.7. The number of ether oxygens (including phenoxy) is 7. The highest BCUT2D eigenvalue weighted by molar-refractivity contribution is 8.00. The number of aryl methyl sites for hydroxylation is 5. The second-order valence-electron chi connectivity index (χ2n) is 34.7. The zero-order chi connectivity index (χ0) is 108. The molecule has 48 heteroatoms. The quantitative estimate of drug-likeness (QED) is 0.0116. The van der Waals surface area contributed by atoms with Gasteiger partial charge in [-0.1, -0.05) is 128 Å². The number of nitrogens with two attached hydrogens (primary N) is 1. The third kappa shape index (κ3) is 59.9. The minimum Gasteiger partial charge on any atom is -0.480 e. The van der Waals surface area contributed by atoms with Gasteiger partial charge in [-0.15, -0.1) is 0 Å². The lowest BCUT2D eigenvalue weighted by molar-refractivity contribution is -0.175. The number of primary amides is 1. The number of benzene rings is 5. The molecule has 0 saturated heterocycles. The molecule has 0 saturated carbocycles. The van der Waals surface area contributed by atoms with Crippen LogP contribution in [-0.2, 0) is 184 Å². The summed E-state index contributed by atoms with van der Waals surface area (Å²) in [4.78, 5) is 231. The number of carboxylic acids is 10. The number of carboxylic acid groups (broad SMARTS) is 10. The average Bonchev–Trinajstić information content (AvgIpc) is 0.841. The van der Waals surface area contributed by atoms with Crippen LogP contribution in [0.2, 0.25) is 0 Å². The van der Waals surface area contributed by atoms with E-state index in [0.717, 1.165) is 27.8 Å². The summed E-state index contributed by atoms with van der Waals surface area (Å²) in [5.74, 6) is -14.7. The summed E-state index contributed by atoms with van der Waals surface area (Å²) < 4.78 is 43.1. The highest BCUT2D eigenvalue weighted by atomic mass is 32.2. The molecule has 0 aliphatic carbocycles. The van der Waals surface area contributed by atoms with Gasteiger partial charge < -0.3 is 95.3 Å². The number of carbonyl (C=O) groups is 18. The Bertz CT molecular complexity index is 4590. The van der Waals surface area contributed by atoms with Crippen molar-refractivity contribution in [3.8, 4) is 0 Å². The maximum Gasteiger partial charge on any atom is 0.317 e. The zero-order valence-electron chi connectivity index (χ0n) is 81.8. The average molecular weight is 2170 g/mol. The van der Waals surface area contributed by atoms with E-state index in [1.54, 1.807) is 67.6 Å². The molecule has 42 nitrogen and oxygen atoms in total. The van der Waals surface area contributed by atoms with Crippen molar-refractivity contribution in [1.82, 2.24) is 29.8 Å². The summed E-state index contributed by atoms with van der Waals surface area (Å²) in [6.07, 6.45) is 1.32. The Labute approximate surface area is 876 Å². The molecule has 0 aromatic heterocycles. The third-order valence-corrected chi connectivity index (χ3v) is 27.6. The SMILES string of the molecule is CC(CSCCC(=O)OCC(COCC(COC(=O)CCSCCc1ccc(CN(CC(=O)O)CC(=O)O)cc1)(COC(=O)CCSCCc1ccc(CN(CC(=O)O)CC(=O)O)cc1)COC(=O)CCSCCc1ccc(CN(CC(=O)O)CC(=O)O)cc1)(COC(=O)CCSCCc1ccc(CN(CC(=O)O)CC(=O)O)cc1)COC(=O)CCSCCc1ccc(CN(CC(=O)O)CC(=O)O)cc1)C(=O)NCC(N)=O. The first kappa shape index (κ1) is 126. The van der Waals surface area contributed by atoms with Gasteiger partial charge in [-0.3, -0.25) is 111 Å². The van der Waals surface area contributed by atoms with Gasteiger partial charge in [0.15, 0.2) is 0 Å². The van der Waals surface area contributed by atoms with Crippen LogP contribution < -0.4 is 11.1 Å². The standard InChI is InChI=1S/C99H131N7O35S6/c1-69(97(134)101-44-80(100)107)60-147-43-32-96(133)141-68-99(66-139-94(131)30-41-145-36-25-73-8-18-78(19-9-73)48-105(56-87(120)121)57-88(122)123,67-140-95(132)31-42-146-37-26-74-10-20-79(21-11-74)49-106(58-89(124)125)59-90(126)127)62-135-61-98(63-136-91(128)27-38-142-33-22-70-2-12-75(13-3-70)45-102(50-81(108)109)51-82(110)111,64-137-92(129)28-39-143-34-23-71-4-14-76(15-5-71)46-103(52-83(112)113)53-84(114)115)65-138-93(130)29-40-144-35-24-72-6-16-77(17-7-72)47-104(54-85(116)117)55-86(118)119/h2-21,69H,22-68H2,1H3,(H2,100,107)(H,101,134)(H,108,109)(H,110,111)(H,112,113)(H,114,115)(H,116,117)(H,118,119)(H,120,121)(H,122,123)(H,124,125)(H,126,127). The van der Waals surface area contributed by atoms with Crippen molar-refractivity contribution in [1.29, 1.82) is 0 Å². The van der Waals surface area contributed by atoms with Crippen LogP contribution in [0.3, 0.4) is 0 Å². The van der Waals surface area contributed by atoms with E-state index in [2.05, 4.69) is 5.32 Å². The highest BCUT2D eigenvalue weighted by Gasteiger charge is 2.42. The number of nitrogens with one attached hydrogen (secondary N) is 1. The lowest BCUT2D eigenvalue weighted by Crippen LogP contribution is -2.47. The number of rotatable bonds is 84. The summed E-state index contributed by atoms with van der Waals surface area (Å²) >= 11 is 8.18. The zero-order valence-corrected chi connectivity index (χ0v) is 86.7. The summed E-state index contributed by atoms with van der Waals surface area (Å²) in [6.45, 7) is -8.84. The molecule has 147 heavy (non-hydrogen) atoms.